The molecular formula is C16H11N3. The van der Waals surface area contributed by atoms with Crippen LogP contribution in [0.25, 0.3) is 16.0 Å². The van der Waals surface area contributed by atoms with Gasteiger partial charge in [0.1, 0.15) is 0 Å². The standard InChI is InChI=1S/C16H11N3/c1-2-15(18-19-17)16(13-9-5-3-6-10-13)14-11-7-4-8-12-14/h1,3-12H. The lowest BCUT2D eigenvalue weighted by molar-refractivity contribution is 1.38. The highest BCUT2D eigenvalue weighted by Crippen LogP contribution is 2.27. The Hall–Kier alpha value is -2.95. The summed E-state index contributed by atoms with van der Waals surface area (Å²) >= 11 is 0. The van der Waals surface area contributed by atoms with Gasteiger partial charge in [0.05, 0.1) is 5.70 Å². The molecule has 0 radical (unpaired) electrons. The fourth-order valence-corrected chi connectivity index (χ4v) is 1.85. The van der Waals surface area contributed by atoms with E-state index in [1.54, 1.807) is 0 Å². The van der Waals surface area contributed by atoms with Gasteiger partial charge >= 0.3 is 0 Å². The van der Waals surface area contributed by atoms with Crippen LogP contribution in [0.2, 0.25) is 0 Å². The summed E-state index contributed by atoms with van der Waals surface area (Å²) in [5.41, 5.74) is 11.5. The number of terminal acetylenes is 1. The van der Waals surface area contributed by atoms with Crippen molar-refractivity contribution in [2.45, 2.75) is 0 Å². The van der Waals surface area contributed by atoms with E-state index in [9.17, 15) is 0 Å². The molecule has 0 atom stereocenters. The molecule has 19 heavy (non-hydrogen) atoms. The molecule has 0 bridgehead atoms. The molecule has 0 amide bonds. The van der Waals surface area contributed by atoms with Crippen LogP contribution >= 0.6 is 0 Å². The van der Waals surface area contributed by atoms with Crippen molar-refractivity contribution in [3.05, 3.63) is 87.9 Å². The van der Waals surface area contributed by atoms with Gasteiger partial charge in [-0.3, -0.25) is 0 Å². The minimum Gasteiger partial charge on any atom is -0.115 e. The van der Waals surface area contributed by atoms with E-state index in [1.807, 2.05) is 60.7 Å². The SMILES string of the molecule is C#CC(N=[N+]=[N-])=C(c1ccccc1)c1ccccc1. The molecule has 0 fully saturated rings. The van der Waals surface area contributed by atoms with Crippen LogP contribution in [0.5, 0.6) is 0 Å². The number of hydrogen-bond acceptors (Lipinski definition) is 1. The molecule has 0 aliphatic carbocycles. The van der Waals surface area contributed by atoms with Crippen molar-refractivity contribution in [2.75, 3.05) is 0 Å². The maximum atomic E-state index is 8.64. The first-order chi connectivity index (χ1) is 9.36. The first kappa shape index (κ1) is 12.5. The molecule has 3 nitrogen and oxygen atoms in total. The smallest absolute Gasteiger partial charge is 0.0958 e. The predicted molar refractivity (Wildman–Crippen MR) is 76.9 cm³/mol. The molecule has 0 N–H and O–H groups in total. The molecule has 3 heteroatoms. The Balaban J connectivity index is 2.72. The maximum Gasteiger partial charge on any atom is 0.0958 e. The predicted octanol–water partition coefficient (Wildman–Crippen LogP) is 4.39. The molecule has 0 spiro atoms. The van der Waals surface area contributed by atoms with Gasteiger partial charge in [0, 0.05) is 10.5 Å². The molecule has 0 saturated heterocycles. The number of azide groups is 1. The average molecular weight is 245 g/mol. The number of nitrogens with zero attached hydrogens (tertiary/aromatic N) is 3. The molecule has 2 aromatic rings. The van der Waals surface area contributed by atoms with Crippen molar-refractivity contribution in [3.8, 4) is 12.3 Å². The van der Waals surface area contributed by atoms with Gasteiger partial charge in [0.2, 0.25) is 0 Å². The molecule has 2 rings (SSSR count). The van der Waals surface area contributed by atoms with Crippen LogP contribution in [-0.2, 0) is 0 Å². The summed E-state index contributed by atoms with van der Waals surface area (Å²) in [7, 11) is 0. The van der Waals surface area contributed by atoms with Crippen molar-refractivity contribution in [1.29, 1.82) is 0 Å². The molecule has 0 aliphatic rings. The minimum atomic E-state index is 0.292. The second kappa shape index (κ2) is 6.11. The lowest BCUT2D eigenvalue weighted by atomic mass is 9.96. The third-order valence-corrected chi connectivity index (χ3v) is 2.64. The van der Waals surface area contributed by atoms with E-state index in [0.717, 1.165) is 16.7 Å². The normalized spacial score (nSPS) is 9.00. The van der Waals surface area contributed by atoms with Crippen molar-refractivity contribution in [2.24, 2.45) is 5.11 Å². The van der Waals surface area contributed by atoms with Crippen molar-refractivity contribution >= 4 is 5.57 Å². The Morgan fingerprint density at radius 2 is 1.42 bits per heavy atom. The van der Waals surface area contributed by atoms with E-state index in [-0.39, 0.29) is 0 Å². The van der Waals surface area contributed by atoms with Gasteiger partial charge in [-0.15, -0.1) is 6.42 Å². The van der Waals surface area contributed by atoms with E-state index in [1.165, 1.54) is 0 Å². The first-order valence-corrected chi connectivity index (χ1v) is 5.73. The zero-order valence-corrected chi connectivity index (χ0v) is 10.2. The largest absolute Gasteiger partial charge is 0.115 e. The second-order valence-electron chi connectivity index (χ2n) is 3.79. The number of allylic oxidation sites excluding steroid dienone is 1. The monoisotopic (exact) mass is 245 g/mol. The van der Waals surface area contributed by atoms with Gasteiger partial charge < -0.3 is 0 Å². The van der Waals surface area contributed by atoms with Crippen LogP contribution in [0.4, 0.5) is 0 Å². The highest BCUT2D eigenvalue weighted by atomic mass is 15.1. The Kier molecular flexibility index (Phi) is 4.02. The van der Waals surface area contributed by atoms with Gasteiger partial charge in [0.15, 0.2) is 0 Å². The maximum absolute atomic E-state index is 8.64. The zero-order valence-electron chi connectivity index (χ0n) is 10.2. The summed E-state index contributed by atoms with van der Waals surface area (Å²) in [6.07, 6.45) is 5.46. The van der Waals surface area contributed by atoms with Crippen molar-refractivity contribution in [1.82, 2.24) is 0 Å². The lowest BCUT2D eigenvalue weighted by Gasteiger charge is -2.09. The zero-order chi connectivity index (χ0) is 13.5. The molecule has 90 valence electrons. The average Bonchev–Trinajstić information content (AvgIpc) is 2.49. The Morgan fingerprint density at radius 1 is 0.947 bits per heavy atom. The summed E-state index contributed by atoms with van der Waals surface area (Å²) in [6, 6.07) is 19.3. The first-order valence-electron chi connectivity index (χ1n) is 5.73. The Bertz CT molecular complexity index is 631. The number of benzene rings is 2. The fraction of sp³-hybridized carbons (Fsp3) is 0. The van der Waals surface area contributed by atoms with E-state index in [0.29, 0.717) is 5.70 Å². The number of rotatable bonds is 3. The van der Waals surface area contributed by atoms with Crippen LogP contribution in [0.15, 0.2) is 71.5 Å². The molecule has 0 saturated carbocycles. The Morgan fingerprint density at radius 3 is 1.79 bits per heavy atom. The summed E-state index contributed by atoms with van der Waals surface area (Å²) < 4.78 is 0. The third-order valence-electron chi connectivity index (χ3n) is 2.64. The van der Waals surface area contributed by atoms with Crippen LogP contribution in [-0.4, -0.2) is 0 Å². The second-order valence-corrected chi connectivity index (χ2v) is 3.79. The molecule has 0 unspecified atom stereocenters. The van der Waals surface area contributed by atoms with Gasteiger partial charge in [-0.1, -0.05) is 71.7 Å². The number of hydrogen-bond donors (Lipinski definition) is 0. The van der Waals surface area contributed by atoms with E-state index in [2.05, 4.69) is 15.9 Å². The third kappa shape index (κ3) is 2.84. The topological polar surface area (TPSA) is 48.8 Å². The van der Waals surface area contributed by atoms with Gasteiger partial charge in [0.25, 0.3) is 0 Å². The van der Waals surface area contributed by atoms with Crippen molar-refractivity contribution in [3.63, 3.8) is 0 Å². The molecule has 0 heterocycles. The molecule has 2 aromatic carbocycles. The van der Waals surface area contributed by atoms with Gasteiger partial charge in [-0.25, -0.2) is 0 Å². The van der Waals surface area contributed by atoms with E-state index in [4.69, 9.17) is 12.0 Å². The van der Waals surface area contributed by atoms with Crippen LogP contribution in [0, 0.1) is 12.3 Å². The highest BCUT2D eigenvalue weighted by molar-refractivity contribution is 5.84. The van der Waals surface area contributed by atoms with E-state index < -0.39 is 0 Å². The summed E-state index contributed by atoms with van der Waals surface area (Å²) in [4.78, 5) is 2.80. The minimum absolute atomic E-state index is 0.292. The van der Waals surface area contributed by atoms with Crippen molar-refractivity contribution < 1.29 is 0 Å². The quantitative estimate of drug-likeness (QED) is 0.333. The van der Waals surface area contributed by atoms with Crippen LogP contribution < -0.4 is 0 Å². The van der Waals surface area contributed by atoms with Crippen LogP contribution in [0.1, 0.15) is 11.1 Å². The summed E-state index contributed by atoms with van der Waals surface area (Å²) in [5.74, 6) is 2.46. The fourth-order valence-electron chi connectivity index (χ4n) is 1.85. The molecule has 0 aromatic heterocycles. The lowest BCUT2D eigenvalue weighted by Crippen LogP contribution is -1.91. The molecular weight excluding hydrogens is 234 g/mol. The van der Waals surface area contributed by atoms with Gasteiger partial charge in [-0.05, 0) is 16.7 Å². The van der Waals surface area contributed by atoms with Crippen LogP contribution in [0.3, 0.4) is 0 Å². The highest BCUT2D eigenvalue weighted by Gasteiger charge is 2.08. The molecule has 0 aliphatic heterocycles. The van der Waals surface area contributed by atoms with Gasteiger partial charge in [-0.2, -0.15) is 0 Å². The summed E-state index contributed by atoms with van der Waals surface area (Å²) in [6.45, 7) is 0. The summed E-state index contributed by atoms with van der Waals surface area (Å²) in [5, 5.41) is 3.62. The Labute approximate surface area is 111 Å². The van der Waals surface area contributed by atoms with E-state index >= 15 is 0 Å².